The van der Waals surface area contributed by atoms with Crippen molar-refractivity contribution in [3.05, 3.63) is 12.2 Å². The van der Waals surface area contributed by atoms with Gasteiger partial charge in [-0.2, -0.15) is 0 Å². The minimum absolute atomic E-state index is 0.795. The van der Waals surface area contributed by atoms with Crippen LogP contribution in [0.3, 0.4) is 0 Å². The van der Waals surface area contributed by atoms with Gasteiger partial charge in [-0.1, -0.05) is 12.2 Å². The first-order valence-corrected chi connectivity index (χ1v) is 4.35. The molecule has 2 rings (SSSR count). The first-order chi connectivity index (χ1) is 4.95. The van der Waals surface area contributed by atoms with E-state index < -0.39 is 0 Å². The molecule has 56 valence electrons. The maximum absolute atomic E-state index is 3.56. The molecule has 0 radical (unpaired) electrons. The van der Waals surface area contributed by atoms with Crippen LogP contribution in [-0.2, 0) is 0 Å². The average molecular weight is 137 g/mol. The van der Waals surface area contributed by atoms with Crippen LogP contribution in [0.5, 0.6) is 0 Å². The molecule has 0 aromatic heterocycles. The fourth-order valence-corrected chi connectivity index (χ4v) is 1.96. The van der Waals surface area contributed by atoms with Gasteiger partial charge in [-0.25, -0.2) is 0 Å². The van der Waals surface area contributed by atoms with Crippen molar-refractivity contribution >= 4 is 0 Å². The molecule has 1 nitrogen and oxygen atoms in total. The van der Waals surface area contributed by atoms with E-state index in [0.717, 1.165) is 12.0 Å². The largest absolute Gasteiger partial charge is 0.314 e. The smallest absolute Gasteiger partial charge is 0.0102 e. The van der Waals surface area contributed by atoms with Crippen LogP contribution in [-0.4, -0.2) is 12.6 Å². The highest BCUT2D eigenvalue weighted by molar-refractivity contribution is 4.97. The van der Waals surface area contributed by atoms with Gasteiger partial charge in [-0.15, -0.1) is 0 Å². The highest BCUT2D eigenvalue weighted by atomic mass is 14.9. The van der Waals surface area contributed by atoms with Gasteiger partial charge >= 0.3 is 0 Å². The van der Waals surface area contributed by atoms with Crippen molar-refractivity contribution in [2.24, 2.45) is 5.92 Å². The van der Waals surface area contributed by atoms with E-state index in [-0.39, 0.29) is 0 Å². The predicted octanol–water partition coefficient (Wildman–Crippen LogP) is 1.70. The molecule has 2 aliphatic rings. The van der Waals surface area contributed by atoms with Crippen molar-refractivity contribution in [2.45, 2.75) is 31.7 Å². The molecule has 1 saturated heterocycles. The summed E-state index contributed by atoms with van der Waals surface area (Å²) < 4.78 is 0. The fraction of sp³-hybridized carbons (Fsp3) is 0.778. The number of allylic oxidation sites excluding steroid dienone is 1. The van der Waals surface area contributed by atoms with Crippen molar-refractivity contribution < 1.29 is 0 Å². The van der Waals surface area contributed by atoms with Gasteiger partial charge in [-0.05, 0) is 38.1 Å². The Kier molecular flexibility index (Phi) is 1.76. The lowest BCUT2D eigenvalue weighted by molar-refractivity contribution is 0.517. The Morgan fingerprint density at radius 3 is 3.20 bits per heavy atom. The van der Waals surface area contributed by atoms with E-state index in [0.29, 0.717) is 0 Å². The maximum atomic E-state index is 3.56. The first kappa shape index (κ1) is 6.41. The van der Waals surface area contributed by atoms with Gasteiger partial charge in [0.25, 0.3) is 0 Å². The third kappa shape index (κ3) is 1.24. The third-order valence-electron chi connectivity index (χ3n) is 2.66. The molecule has 1 fully saturated rings. The minimum atomic E-state index is 0.795. The Labute approximate surface area is 62.5 Å². The second kappa shape index (κ2) is 2.75. The van der Waals surface area contributed by atoms with E-state index in [4.69, 9.17) is 0 Å². The van der Waals surface area contributed by atoms with Crippen molar-refractivity contribution in [2.75, 3.05) is 6.54 Å². The summed E-state index contributed by atoms with van der Waals surface area (Å²) in [6, 6.07) is 0.795. The van der Waals surface area contributed by atoms with Gasteiger partial charge in [0.05, 0.1) is 0 Å². The molecule has 0 saturated carbocycles. The zero-order valence-corrected chi connectivity index (χ0v) is 6.34. The Balaban J connectivity index is 2.11. The van der Waals surface area contributed by atoms with Crippen LogP contribution in [0.1, 0.15) is 25.7 Å². The molecule has 1 aliphatic heterocycles. The van der Waals surface area contributed by atoms with Crippen LogP contribution in [0, 0.1) is 5.92 Å². The minimum Gasteiger partial charge on any atom is -0.314 e. The lowest BCUT2D eigenvalue weighted by Gasteiger charge is -2.12. The highest BCUT2D eigenvalue weighted by Gasteiger charge is 2.17. The number of fused-ring (bicyclic) bond motifs is 3. The standard InChI is InChI=1S/C9H15N/c1-2-8-4-5-9(3-1)10-7-6-8/h1-2,8-10H,3-7H2. The number of hydrogen-bond acceptors (Lipinski definition) is 1. The van der Waals surface area contributed by atoms with Crippen LogP contribution in [0.15, 0.2) is 12.2 Å². The van der Waals surface area contributed by atoms with E-state index in [1.54, 1.807) is 0 Å². The molecular formula is C9H15N. The summed E-state index contributed by atoms with van der Waals surface area (Å²) in [6.45, 7) is 1.24. The van der Waals surface area contributed by atoms with Crippen molar-refractivity contribution in [1.82, 2.24) is 5.32 Å². The van der Waals surface area contributed by atoms with Gasteiger partial charge in [0.1, 0.15) is 0 Å². The second-order valence-electron chi connectivity index (χ2n) is 3.44. The molecule has 1 heteroatoms. The van der Waals surface area contributed by atoms with Gasteiger partial charge in [0, 0.05) is 6.04 Å². The van der Waals surface area contributed by atoms with Gasteiger partial charge in [-0.3, -0.25) is 0 Å². The molecule has 0 amide bonds. The van der Waals surface area contributed by atoms with Crippen LogP contribution in [0.25, 0.3) is 0 Å². The molecular weight excluding hydrogens is 122 g/mol. The topological polar surface area (TPSA) is 12.0 Å². The van der Waals surface area contributed by atoms with Gasteiger partial charge in [0.2, 0.25) is 0 Å². The Hall–Kier alpha value is -0.300. The number of hydrogen-bond donors (Lipinski definition) is 1. The predicted molar refractivity (Wildman–Crippen MR) is 42.9 cm³/mol. The zero-order chi connectivity index (χ0) is 6.81. The monoisotopic (exact) mass is 137 g/mol. The molecule has 1 aliphatic carbocycles. The van der Waals surface area contributed by atoms with Crippen molar-refractivity contribution in [1.29, 1.82) is 0 Å². The molecule has 2 atom stereocenters. The SMILES string of the molecule is C1=CC2CCNC(C1)CC2. The fourth-order valence-electron chi connectivity index (χ4n) is 1.96. The summed E-state index contributed by atoms with van der Waals surface area (Å²) in [5.74, 6) is 0.889. The van der Waals surface area contributed by atoms with Crippen LogP contribution in [0.4, 0.5) is 0 Å². The van der Waals surface area contributed by atoms with Crippen LogP contribution < -0.4 is 5.32 Å². The highest BCUT2D eigenvalue weighted by Crippen LogP contribution is 2.22. The van der Waals surface area contributed by atoms with E-state index in [9.17, 15) is 0 Å². The normalized spacial score (nSPS) is 39.2. The average Bonchev–Trinajstić information content (AvgIpc) is 2.17. The summed E-state index contributed by atoms with van der Waals surface area (Å²) in [5, 5.41) is 3.56. The molecule has 0 spiro atoms. The lowest BCUT2D eigenvalue weighted by Crippen LogP contribution is -2.27. The molecule has 0 aromatic rings. The van der Waals surface area contributed by atoms with Crippen LogP contribution >= 0.6 is 0 Å². The summed E-state index contributed by atoms with van der Waals surface area (Å²) in [7, 11) is 0. The second-order valence-corrected chi connectivity index (χ2v) is 3.44. The molecule has 2 unspecified atom stereocenters. The Morgan fingerprint density at radius 1 is 1.20 bits per heavy atom. The quantitative estimate of drug-likeness (QED) is 0.501. The summed E-state index contributed by atoms with van der Waals surface area (Å²) in [4.78, 5) is 0. The van der Waals surface area contributed by atoms with Gasteiger partial charge in [0.15, 0.2) is 0 Å². The van der Waals surface area contributed by atoms with Crippen LogP contribution in [0.2, 0.25) is 0 Å². The third-order valence-corrected chi connectivity index (χ3v) is 2.66. The molecule has 1 N–H and O–H groups in total. The molecule has 10 heavy (non-hydrogen) atoms. The zero-order valence-electron chi connectivity index (χ0n) is 6.34. The lowest BCUT2D eigenvalue weighted by atomic mass is 10.0. The molecule has 0 aromatic carbocycles. The number of nitrogens with one attached hydrogen (secondary N) is 1. The van der Waals surface area contributed by atoms with Crippen molar-refractivity contribution in [3.8, 4) is 0 Å². The van der Waals surface area contributed by atoms with E-state index >= 15 is 0 Å². The maximum Gasteiger partial charge on any atom is 0.0102 e. The molecule has 1 heterocycles. The van der Waals surface area contributed by atoms with Gasteiger partial charge < -0.3 is 5.32 Å². The van der Waals surface area contributed by atoms with E-state index in [1.807, 2.05) is 0 Å². The number of rotatable bonds is 0. The van der Waals surface area contributed by atoms with Crippen molar-refractivity contribution in [3.63, 3.8) is 0 Å². The first-order valence-electron chi connectivity index (χ1n) is 4.35. The summed E-state index contributed by atoms with van der Waals surface area (Å²) in [6.07, 6.45) is 10.2. The Bertz CT molecular complexity index is 140. The Morgan fingerprint density at radius 2 is 2.20 bits per heavy atom. The van der Waals surface area contributed by atoms with E-state index in [2.05, 4.69) is 17.5 Å². The summed E-state index contributed by atoms with van der Waals surface area (Å²) >= 11 is 0. The molecule has 2 bridgehead atoms. The summed E-state index contributed by atoms with van der Waals surface area (Å²) in [5.41, 5.74) is 0. The van der Waals surface area contributed by atoms with E-state index in [1.165, 1.54) is 32.2 Å².